The fourth-order valence-corrected chi connectivity index (χ4v) is 2.45. The van der Waals surface area contributed by atoms with E-state index in [9.17, 15) is 8.78 Å². The molecule has 108 valence electrons. The molecule has 4 nitrogen and oxygen atoms in total. The predicted molar refractivity (Wildman–Crippen MR) is 77.1 cm³/mol. The van der Waals surface area contributed by atoms with Gasteiger partial charge in [0.1, 0.15) is 0 Å². The molecule has 0 radical (unpaired) electrons. The molecule has 0 saturated heterocycles. The van der Waals surface area contributed by atoms with E-state index in [1.165, 1.54) is 10.6 Å². The summed E-state index contributed by atoms with van der Waals surface area (Å²) in [4.78, 5) is 8.36. The Labute approximate surface area is 120 Å². The third kappa shape index (κ3) is 2.44. The number of alkyl halides is 2. The van der Waals surface area contributed by atoms with Gasteiger partial charge in [0.2, 0.25) is 5.95 Å². The van der Waals surface area contributed by atoms with Gasteiger partial charge in [-0.15, -0.1) is 0 Å². The number of aromatic nitrogens is 3. The number of pyridine rings is 1. The first kappa shape index (κ1) is 13.5. The highest BCUT2D eigenvalue weighted by molar-refractivity contribution is 5.83. The van der Waals surface area contributed by atoms with Crippen molar-refractivity contribution < 1.29 is 8.78 Å². The fourth-order valence-electron chi connectivity index (χ4n) is 2.45. The second-order valence-corrected chi connectivity index (χ2v) is 4.88. The number of nitrogens with zero attached hydrogens (tertiary/aromatic N) is 3. The van der Waals surface area contributed by atoms with Gasteiger partial charge in [0.25, 0.3) is 6.43 Å². The number of aryl methyl sites for hydroxylation is 1. The lowest BCUT2D eigenvalue weighted by Crippen LogP contribution is -2.00. The van der Waals surface area contributed by atoms with Crippen molar-refractivity contribution in [3.05, 3.63) is 53.3 Å². The van der Waals surface area contributed by atoms with Crippen molar-refractivity contribution in [1.82, 2.24) is 14.5 Å². The summed E-state index contributed by atoms with van der Waals surface area (Å²) >= 11 is 0. The van der Waals surface area contributed by atoms with Crippen LogP contribution in [0.25, 0.3) is 11.0 Å². The zero-order chi connectivity index (χ0) is 15.0. The van der Waals surface area contributed by atoms with Crippen LogP contribution in [-0.2, 0) is 13.5 Å². The maximum absolute atomic E-state index is 13.3. The number of imidazole rings is 1. The average molecular weight is 288 g/mol. The number of rotatable bonds is 3. The smallest absolute Gasteiger partial charge is 0.265 e. The first-order valence-electron chi connectivity index (χ1n) is 6.49. The van der Waals surface area contributed by atoms with Crippen molar-refractivity contribution in [2.75, 3.05) is 5.73 Å². The Balaban J connectivity index is 2.13. The number of halogens is 2. The SMILES string of the molecule is Cn1c(N)nc2cc(Cc3ccccn3)cc(C(F)F)c21. The third-order valence-corrected chi connectivity index (χ3v) is 3.44. The molecule has 2 heterocycles. The van der Waals surface area contributed by atoms with Crippen LogP contribution in [0, 0.1) is 0 Å². The summed E-state index contributed by atoms with van der Waals surface area (Å²) in [5, 5.41) is 0. The molecule has 0 unspecified atom stereocenters. The first-order chi connectivity index (χ1) is 10.1. The molecule has 0 saturated carbocycles. The lowest BCUT2D eigenvalue weighted by atomic mass is 10.0. The maximum atomic E-state index is 13.3. The van der Waals surface area contributed by atoms with Crippen LogP contribution in [0.5, 0.6) is 0 Å². The Bertz CT molecular complexity index is 781. The van der Waals surface area contributed by atoms with E-state index >= 15 is 0 Å². The molecule has 3 rings (SSSR count). The van der Waals surface area contributed by atoms with E-state index in [1.807, 2.05) is 18.2 Å². The molecule has 0 aliphatic carbocycles. The van der Waals surface area contributed by atoms with Gasteiger partial charge in [-0.1, -0.05) is 6.07 Å². The van der Waals surface area contributed by atoms with E-state index in [1.54, 1.807) is 19.3 Å². The van der Waals surface area contributed by atoms with Crippen LogP contribution < -0.4 is 5.73 Å². The molecule has 21 heavy (non-hydrogen) atoms. The zero-order valence-electron chi connectivity index (χ0n) is 11.4. The highest BCUT2D eigenvalue weighted by Gasteiger charge is 2.18. The molecule has 1 aromatic carbocycles. The summed E-state index contributed by atoms with van der Waals surface area (Å²) in [6, 6.07) is 8.83. The Morgan fingerprint density at radius 1 is 1.29 bits per heavy atom. The summed E-state index contributed by atoms with van der Waals surface area (Å²) in [6.07, 6.45) is -0.417. The van der Waals surface area contributed by atoms with Gasteiger partial charge in [0, 0.05) is 30.9 Å². The summed E-state index contributed by atoms with van der Waals surface area (Å²) < 4.78 is 28.1. The van der Waals surface area contributed by atoms with Crippen LogP contribution in [-0.4, -0.2) is 14.5 Å². The quantitative estimate of drug-likeness (QED) is 0.805. The topological polar surface area (TPSA) is 56.7 Å². The summed E-state index contributed by atoms with van der Waals surface area (Å²) in [5.74, 6) is 0.224. The van der Waals surface area contributed by atoms with Crippen LogP contribution >= 0.6 is 0 Å². The van der Waals surface area contributed by atoms with E-state index in [-0.39, 0.29) is 11.5 Å². The normalized spacial score (nSPS) is 11.4. The summed E-state index contributed by atoms with van der Waals surface area (Å²) in [5.41, 5.74) is 8.10. The number of hydrogen-bond acceptors (Lipinski definition) is 3. The fraction of sp³-hybridized carbons (Fsp3) is 0.200. The molecular weight excluding hydrogens is 274 g/mol. The van der Waals surface area contributed by atoms with Crippen LogP contribution in [0.3, 0.4) is 0 Å². The van der Waals surface area contributed by atoms with E-state index in [2.05, 4.69) is 9.97 Å². The largest absolute Gasteiger partial charge is 0.369 e. The van der Waals surface area contributed by atoms with Gasteiger partial charge in [-0.25, -0.2) is 13.8 Å². The number of hydrogen-bond donors (Lipinski definition) is 1. The Hall–Kier alpha value is -2.50. The highest BCUT2D eigenvalue weighted by Crippen LogP contribution is 2.30. The van der Waals surface area contributed by atoms with Crippen LogP contribution in [0.15, 0.2) is 36.5 Å². The monoisotopic (exact) mass is 288 g/mol. The molecule has 0 atom stereocenters. The third-order valence-electron chi connectivity index (χ3n) is 3.44. The number of benzene rings is 1. The standard InChI is InChI=1S/C15H14F2N4/c1-21-13-11(14(16)17)7-9(8-12(13)20-15(21)18)6-10-4-2-3-5-19-10/h2-5,7-8,14H,6H2,1H3,(H2,18,20). The average Bonchev–Trinajstić information content (AvgIpc) is 2.74. The number of anilines is 1. The molecule has 2 aromatic heterocycles. The van der Waals surface area contributed by atoms with Crippen molar-refractivity contribution in [1.29, 1.82) is 0 Å². The molecule has 0 spiro atoms. The Morgan fingerprint density at radius 3 is 2.76 bits per heavy atom. The van der Waals surface area contributed by atoms with Gasteiger partial charge in [-0.3, -0.25) is 4.98 Å². The Kier molecular flexibility index (Phi) is 3.29. The molecule has 0 amide bonds. The van der Waals surface area contributed by atoms with Crippen LogP contribution in [0.4, 0.5) is 14.7 Å². The highest BCUT2D eigenvalue weighted by atomic mass is 19.3. The van der Waals surface area contributed by atoms with E-state index in [0.29, 0.717) is 17.5 Å². The number of nitrogens with two attached hydrogens (primary N) is 1. The minimum Gasteiger partial charge on any atom is -0.369 e. The number of fused-ring (bicyclic) bond motifs is 1. The second-order valence-electron chi connectivity index (χ2n) is 4.88. The van der Waals surface area contributed by atoms with Crippen molar-refractivity contribution in [2.45, 2.75) is 12.8 Å². The molecular formula is C15H14F2N4. The summed E-state index contributed by atoms with van der Waals surface area (Å²) in [7, 11) is 1.63. The van der Waals surface area contributed by atoms with E-state index in [0.717, 1.165) is 11.3 Å². The molecule has 3 aromatic rings. The molecule has 0 aliphatic rings. The zero-order valence-corrected chi connectivity index (χ0v) is 11.4. The van der Waals surface area contributed by atoms with Crippen LogP contribution in [0.1, 0.15) is 23.2 Å². The summed E-state index contributed by atoms with van der Waals surface area (Å²) in [6.45, 7) is 0. The Morgan fingerprint density at radius 2 is 2.10 bits per heavy atom. The van der Waals surface area contributed by atoms with E-state index < -0.39 is 6.43 Å². The van der Waals surface area contributed by atoms with Gasteiger partial charge in [0.05, 0.1) is 11.0 Å². The van der Waals surface area contributed by atoms with Crippen molar-refractivity contribution in [2.24, 2.45) is 7.05 Å². The molecule has 2 N–H and O–H groups in total. The van der Waals surface area contributed by atoms with E-state index in [4.69, 9.17) is 5.73 Å². The number of nitrogen functional groups attached to an aromatic ring is 1. The molecule has 6 heteroatoms. The molecule has 0 bridgehead atoms. The molecule has 0 aliphatic heterocycles. The molecule has 0 fully saturated rings. The van der Waals surface area contributed by atoms with Crippen molar-refractivity contribution in [3.8, 4) is 0 Å². The minimum absolute atomic E-state index is 0.0508. The van der Waals surface area contributed by atoms with Crippen molar-refractivity contribution >= 4 is 17.0 Å². The lowest BCUT2D eigenvalue weighted by Gasteiger charge is -2.08. The minimum atomic E-state index is -2.58. The maximum Gasteiger partial charge on any atom is 0.265 e. The second kappa shape index (κ2) is 5.12. The lowest BCUT2D eigenvalue weighted by molar-refractivity contribution is 0.152. The van der Waals surface area contributed by atoms with Crippen LogP contribution in [0.2, 0.25) is 0 Å². The van der Waals surface area contributed by atoms with Gasteiger partial charge < -0.3 is 10.3 Å². The van der Waals surface area contributed by atoms with Gasteiger partial charge in [-0.2, -0.15) is 0 Å². The predicted octanol–water partition coefficient (Wildman–Crippen LogP) is 3.08. The van der Waals surface area contributed by atoms with Gasteiger partial charge in [-0.05, 0) is 29.8 Å². The van der Waals surface area contributed by atoms with Crippen molar-refractivity contribution in [3.63, 3.8) is 0 Å². The van der Waals surface area contributed by atoms with Gasteiger partial charge >= 0.3 is 0 Å². The first-order valence-corrected chi connectivity index (χ1v) is 6.49. The van der Waals surface area contributed by atoms with Gasteiger partial charge in [0.15, 0.2) is 0 Å².